The van der Waals surface area contributed by atoms with Crippen molar-refractivity contribution in [3.8, 4) is 11.3 Å². The third kappa shape index (κ3) is 3.61. The molecule has 1 aromatic heterocycles. The van der Waals surface area contributed by atoms with E-state index in [1.165, 1.54) is 5.56 Å². The van der Waals surface area contributed by atoms with Gasteiger partial charge in [0, 0.05) is 17.7 Å². The van der Waals surface area contributed by atoms with Gasteiger partial charge in [-0.2, -0.15) is 0 Å². The van der Waals surface area contributed by atoms with Gasteiger partial charge in [0.15, 0.2) is 0 Å². The van der Waals surface area contributed by atoms with Gasteiger partial charge in [0.05, 0.1) is 6.20 Å². The van der Waals surface area contributed by atoms with Crippen LogP contribution in [0.3, 0.4) is 0 Å². The van der Waals surface area contributed by atoms with E-state index in [4.69, 9.17) is 5.21 Å². The van der Waals surface area contributed by atoms with Gasteiger partial charge >= 0.3 is 0 Å². The van der Waals surface area contributed by atoms with Crippen molar-refractivity contribution in [3.05, 3.63) is 71.9 Å². The smallest absolute Gasteiger partial charge is 0.274 e. The number of carbonyl (C=O) groups is 1. The lowest BCUT2D eigenvalue weighted by Crippen LogP contribution is -2.18. The molecule has 0 saturated heterocycles. The summed E-state index contributed by atoms with van der Waals surface area (Å²) in [5, 5.41) is 16.9. The third-order valence-electron chi connectivity index (χ3n) is 3.56. The Balaban J connectivity index is 1.68. The van der Waals surface area contributed by atoms with Crippen LogP contribution in [0.5, 0.6) is 0 Å². The van der Waals surface area contributed by atoms with Gasteiger partial charge in [0.1, 0.15) is 5.69 Å². The Bertz CT molecular complexity index is 782. The number of aryl methyl sites for hydroxylation is 2. The number of rotatable bonds is 5. The highest BCUT2D eigenvalue weighted by Crippen LogP contribution is 2.17. The fraction of sp³-hybridized carbons (Fsp3) is 0.118. The first-order chi connectivity index (χ1) is 11.3. The highest BCUT2D eigenvalue weighted by atomic mass is 16.5. The molecule has 0 spiro atoms. The van der Waals surface area contributed by atoms with Crippen LogP contribution in [0.4, 0.5) is 0 Å². The Morgan fingerprint density at radius 3 is 2.52 bits per heavy atom. The van der Waals surface area contributed by atoms with Crippen LogP contribution in [0.15, 0.2) is 60.8 Å². The van der Waals surface area contributed by atoms with Crippen molar-refractivity contribution in [1.82, 2.24) is 20.5 Å². The molecule has 116 valence electrons. The molecule has 3 aromatic rings. The molecule has 0 aliphatic carbocycles. The molecule has 2 N–H and O–H groups in total. The number of nitrogens with zero attached hydrogens (tertiary/aromatic N) is 3. The van der Waals surface area contributed by atoms with E-state index in [2.05, 4.69) is 22.4 Å². The predicted molar refractivity (Wildman–Crippen MR) is 84.9 cm³/mol. The zero-order valence-electron chi connectivity index (χ0n) is 12.4. The fourth-order valence-corrected chi connectivity index (χ4v) is 2.29. The molecule has 23 heavy (non-hydrogen) atoms. The SMILES string of the molecule is O=C(NO)c1ccc(-c2cn(CCc3ccccc3)nn2)cc1. The van der Waals surface area contributed by atoms with Crippen molar-refractivity contribution < 1.29 is 10.0 Å². The van der Waals surface area contributed by atoms with Crippen LogP contribution in [-0.4, -0.2) is 26.1 Å². The predicted octanol–water partition coefficient (Wildman–Crippen LogP) is 2.31. The lowest BCUT2D eigenvalue weighted by atomic mass is 10.1. The van der Waals surface area contributed by atoms with Crippen molar-refractivity contribution in [2.45, 2.75) is 13.0 Å². The standard InChI is InChI=1S/C17H16N4O2/c22-17(19-23)15-8-6-14(7-9-15)16-12-21(20-18-16)11-10-13-4-2-1-3-5-13/h1-9,12,23H,10-11H2,(H,19,22). The van der Waals surface area contributed by atoms with Crippen molar-refractivity contribution >= 4 is 5.91 Å². The van der Waals surface area contributed by atoms with E-state index in [0.717, 1.165) is 24.2 Å². The van der Waals surface area contributed by atoms with Gasteiger partial charge in [-0.25, -0.2) is 5.48 Å². The van der Waals surface area contributed by atoms with Gasteiger partial charge in [-0.1, -0.05) is 47.7 Å². The summed E-state index contributed by atoms with van der Waals surface area (Å²) in [6.07, 6.45) is 2.77. The topological polar surface area (TPSA) is 80.0 Å². The zero-order valence-corrected chi connectivity index (χ0v) is 12.4. The lowest BCUT2D eigenvalue weighted by Gasteiger charge is -2.01. The number of carbonyl (C=O) groups excluding carboxylic acids is 1. The van der Waals surface area contributed by atoms with Gasteiger partial charge in [-0.15, -0.1) is 5.10 Å². The second-order valence-corrected chi connectivity index (χ2v) is 5.12. The maximum atomic E-state index is 11.3. The summed E-state index contributed by atoms with van der Waals surface area (Å²) >= 11 is 0. The average molecular weight is 308 g/mol. The quantitative estimate of drug-likeness (QED) is 0.560. The number of nitrogens with one attached hydrogen (secondary N) is 1. The van der Waals surface area contributed by atoms with Gasteiger partial charge in [-0.05, 0) is 24.1 Å². The number of benzene rings is 2. The molecule has 0 radical (unpaired) electrons. The first kappa shape index (κ1) is 14.9. The average Bonchev–Trinajstić information content (AvgIpc) is 3.09. The van der Waals surface area contributed by atoms with Crippen molar-refractivity contribution in [2.75, 3.05) is 0 Å². The minimum atomic E-state index is -0.539. The molecule has 0 aliphatic heterocycles. The number of hydroxylamine groups is 1. The molecular formula is C17H16N4O2. The van der Waals surface area contributed by atoms with E-state index in [1.54, 1.807) is 34.4 Å². The van der Waals surface area contributed by atoms with Crippen LogP contribution in [0.25, 0.3) is 11.3 Å². The van der Waals surface area contributed by atoms with Gasteiger partial charge in [-0.3, -0.25) is 14.7 Å². The van der Waals surface area contributed by atoms with Crippen LogP contribution >= 0.6 is 0 Å². The van der Waals surface area contributed by atoms with E-state index in [1.807, 2.05) is 24.4 Å². The Morgan fingerprint density at radius 2 is 1.83 bits per heavy atom. The summed E-state index contributed by atoms with van der Waals surface area (Å²) in [6.45, 7) is 0.752. The maximum Gasteiger partial charge on any atom is 0.274 e. The molecular weight excluding hydrogens is 292 g/mol. The van der Waals surface area contributed by atoms with E-state index in [9.17, 15) is 4.79 Å². The second-order valence-electron chi connectivity index (χ2n) is 5.12. The largest absolute Gasteiger partial charge is 0.288 e. The fourth-order valence-electron chi connectivity index (χ4n) is 2.29. The highest BCUT2D eigenvalue weighted by Gasteiger charge is 2.07. The Hall–Kier alpha value is -2.99. The summed E-state index contributed by atoms with van der Waals surface area (Å²) in [4.78, 5) is 11.3. The maximum absolute atomic E-state index is 11.3. The minimum absolute atomic E-state index is 0.382. The van der Waals surface area contributed by atoms with Crippen molar-refractivity contribution in [2.24, 2.45) is 0 Å². The van der Waals surface area contributed by atoms with Crippen LogP contribution < -0.4 is 5.48 Å². The van der Waals surface area contributed by atoms with E-state index < -0.39 is 5.91 Å². The second kappa shape index (κ2) is 6.85. The first-order valence-electron chi connectivity index (χ1n) is 7.25. The summed E-state index contributed by atoms with van der Waals surface area (Å²) in [5.41, 5.74) is 4.85. The Labute approximate surface area is 133 Å². The molecule has 0 atom stereocenters. The molecule has 0 bridgehead atoms. The molecule has 6 heteroatoms. The van der Waals surface area contributed by atoms with Crippen LogP contribution in [0, 0.1) is 0 Å². The highest BCUT2D eigenvalue weighted by molar-refractivity contribution is 5.93. The van der Waals surface area contributed by atoms with Crippen LogP contribution in [-0.2, 0) is 13.0 Å². The van der Waals surface area contributed by atoms with E-state index in [0.29, 0.717) is 5.56 Å². The van der Waals surface area contributed by atoms with Crippen molar-refractivity contribution in [1.29, 1.82) is 0 Å². The molecule has 0 unspecified atom stereocenters. The summed E-state index contributed by atoms with van der Waals surface area (Å²) in [5.74, 6) is -0.539. The van der Waals surface area contributed by atoms with E-state index >= 15 is 0 Å². The molecule has 0 saturated carbocycles. The number of hydrogen-bond donors (Lipinski definition) is 2. The number of amides is 1. The van der Waals surface area contributed by atoms with E-state index in [-0.39, 0.29) is 0 Å². The first-order valence-corrected chi connectivity index (χ1v) is 7.25. The molecule has 1 heterocycles. The lowest BCUT2D eigenvalue weighted by molar-refractivity contribution is 0.0706. The molecule has 0 aliphatic rings. The minimum Gasteiger partial charge on any atom is -0.288 e. The normalized spacial score (nSPS) is 10.5. The number of hydrogen-bond acceptors (Lipinski definition) is 4. The van der Waals surface area contributed by atoms with Crippen LogP contribution in [0.1, 0.15) is 15.9 Å². The monoisotopic (exact) mass is 308 g/mol. The number of aromatic nitrogens is 3. The summed E-state index contributed by atoms with van der Waals surface area (Å²) in [7, 11) is 0. The molecule has 6 nitrogen and oxygen atoms in total. The third-order valence-corrected chi connectivity index (χ3v) is 3.56. The molecule has 0 fully saturated rings. The zero-order chi connectivity index (χ0) is 16.1. The van der Waals surface area contributed by atoms with Crippen LogP contribution in [0.2, 0.25) is 0 Å². The molecule has 1 amide bonds. The van der Waals surface area contributed by atoms with Gasteiger partial charge < -0.3 is 0 Å². The molecule has 3 rings (SSSR count). The van der Waals surface area contributed by atoms with Gasteiger partial charge in [0.25, 0.3) is 5.91 Å². The molecule has 2 aromatic carbocycles. The van der Waals surface area contributed by atoms with Crippen molar-refractivity contribution in [3.63, 3.8) is 0 Å². The Kier molecular flexibility index (Phi) is 4.44. The summed E-state index contributed by atoms with van der Waals surface area (Å²) in [6, 6.07) is 17.0. The Morgan fingerprint density at radius 1 is 1.09 bits per heavy atom. The van der Waals surface area contributed by atoms with Gasteiger partial charge in [0.2, 0.25) is 0 Å². The summed E-state index contributed by atoms with van der Waals surface area (Å²) < 4.78 is 1.80.